The first-order valence-corrected chi connectivity index (χ1v) is 9.76. The molecular formula is C21H23BrFNO2. The van der Waals surface area contributed by atoms with Crippen LogP contribution in [0, 0.1) is 5.82 Å². The van der Waals surface area contributed by atoms with Gasteiger partial charge in [0, 0.05) is 29.5 Å². The second-order valence-electron chi connectivity index (χ2n) is 6.89. The molecule has 0 unspecified atom stereocenters. The van der Waals surface area contributed by atoms with Gasteiger partial charge < -0.3 is 10.0 Å². The molecule has 2 aromatic rings. The molecule has 2 aromatic carbocycles. The molecule has 26 heavy (non-hydrogen) atoms. The fourth-order valence-electron chi connectivity index (χ4n) is 3.50. The van der Waals surface area contributed by atoms with Gasteiger partial charge in [-0.05, 0) is 61.7 Å². The molecule has 1 aliphatic heterocycles. The Hall–Kier alpha value is -1.56. The molecule has 1 fully saturated rings. The van der Waals surface area contributed by atoms with Crippen molar-refractivity contribution in [2.75, 3.05) is 19.6 Å². The number of carbonyl (C=O) groups is 1. The summed E-state index contributed by atoms with van der Waals surface area (Å²) in [7, 11) is 0. The zero-order valence-corrected chi connectivity index (χ0v) is 16.2. The summed E-state index contributed by atoms with van der Waals surface area (Å²) < 4.78 is 13.9. The number of likely N-dealkylation sites (tertiary alicyclic amines) is 1. The van der Waals surface area contributed by atoms with E-state index in [2.05, 4.69) is 20.8 Å². The zero-order valence-electron chi connectivity index (χ0n) is 14.6. The topological polar surface area (TPSA) is 40.5 Å². The third-order valence-electron chi connectivity index (χ3n) is 5.10. The Bertz CT molecular complexity index is 755. The summed E-state index contributed by atoms with van der Waals surface area (Å²) in [5, 5.41) is 11.0. The number of nitrogens with zero attached hydrogens (tertiary/aromatic N) is 1. The smallest absolute Gasteiger partial charge is 0.162 e. The molecule has 1 aliphatic rings. The highest BCUT2D eigenvalue weighted by Gasteiger charge is 2.35. The van der Waals surface area contributed by atoms with Gasteiger partial charge in [0.25, 0.3) is 0 Å². The summed E-state index contributed by atoms with van der Waals surface area (Å²) >= 11 is 3.53. The molecule has 0 bridgehead atoms. The molecule has 138 valence electrons. The third kappa shape index (κ3) is 4.58. The molecule has 0 aliphatic carbocycles. The number of carbonyl (C=O) groups excluding carboxylic acids is 1. The van der Waals surface area contributed by atoms with Gasteiger partial charge in [-0.25, -0.2) is 4.39 Å². The van der Waals surface area contributed by atoms with E-state index in [1.807, 2.05) is 24.3 Å². The summed E-state index contributed by atoms with van der Waals surface area (Å²) in [6.07, 6.45) is 2.59. The molecule has 0 aromatic heterocycles. The van der Waals surface area contributed by atoms with Gasteiger partial charge in [-0.1, -0.05) is 34.1 Å². The highest BCUT2D eigenvalue weighted by atomic mass is 79.9. The lowest BCUT2D eigenvalue weighted by molar-refractivity contribution is -0.0266. The van der Waals surface area contributed by atoms with Gasteiger partial charge in [-0.2, -0.15) is 0 Å². The number of halogens is 2. The van der Waals surface area contributed by atoms with Gasteiger partial charge in [-0.15, -0.1) is 0 Å². The lowest BCUT2D eigenvalue weighted by atomic mass is 9.84. The molecule has 3 nitrogen and oxygen atoms in total. The molecule has 0 saturated carbocycles. The van der Waals surface area contributed by atoms with E-state index < -0.39 is 5.60 Å². The highest BCUT2D eigenvalue weighted by molar-refractivity contribution is 9.10. The quantitative estimate of drug-likeness (QED) is 0.698. The molecular weight excluding hydrogens is 397 g/mol. The first kappa shape index (κ1) is 19.2. The molecule has 5 heteroatoms. The summed E-state index contributed by atoms with van der Waals surface area (Å²) in [6, 6.07) is 13.5. The van der Waals surface area contributed by atoms with Crippen molar-refractivity contribution >= 4 is 21.7 Å². The van der Waals surface area contributed by atoms with Crippen LogP contribution < -0.4 is 0 Å². The lowest BCUT2D eigenvalue weighted by Crippen LogP contribution is -2.43. The van der Waals surface area contributed by atoms with E-state index in [0.717, 1.165) is 36.1 Å². The van der Waals surface area contributed by atoms with Crippen LogP contribution in [0.5, 0.6) is 0 Å². The van der Waals surface area contributed by atoms with Crippen molar-refractivity contribution in [2.24, 2.45) is 0 Å². The van der Waals surface area contributed by atoms with Crippen LogP contribution in [0.4, 0.5) is 4.39 Å². The lowest BCUT2D eigenvalue weighted by Gasteiger charge is -2.39. The van der Waals surface area contributed by atoms with E-state index >= 15 is 0 Å². The van der Waals surface area contributed by atoms with Crippen LogP contribution in [-0.2, 0) is 5.60 Å². The van der Waals surface area contributed by atoms with Gasteiger partial charge in [0.2, 0.25) is 0 Å². The number of hydrogen-bond donors (Lipinski definition) is 1. The van der Waals surface area contributed by atoms with Gasteiger partial charge in [0.15, 0.2) is 5.78 Å². The van der Waals surface area contributed by atoms with E-state index in [-0.39, 0.29) is 11.6 Å². The maximum atomic E-state index is 12.9. The maximum absolute atomic E-state index is 12.9. The highest BCUT2D eigenvalue weighted by Crippen LogP contribution is 2.36. The minimum Gasteiger partial charge on any atom is -0.385 e. The van der Waals surface area contributed by atoms with E-state index in [9.17, 15) is 14.3 Å². The minimum atomic E-state index is -0.791. The van der Waals surface area contributed by atoms with Gasteiger partial charge in [0.1, 0.15) is 5.82 Å². The van der Waals surface area contributed by atoms with E-state index in [4.69, 9.17) is 0 Å². The second-order valence-corrected chi connectivity index (χ2v) is 7.74. The van der Waals surface area contributed by atoms with E-state index in [1.54, 1.807) is 0 Å². The van der Waals surface area contributed by atoms with Crippen LogP contribution in [0.25, 0.3) is 0 Å². The van der Waals surface area contributed by atoms with Crippen molar-refractivity contribution < 1.29 is 14.3 Å². The molecule has 3 rings (SSSR count). The number of aliphatic hydroxyl groups is 1. The van der Waals surface area contributed by atoms with Gasteiger partial charge in [-0.3, -0.25) is 4.79 Å². The van der Waals surface area contributed by atoms with Crippen molar-refractivity contribution in [1.29, 1.82) is 0 Å². The van der Waals surface area contributed by atoms with Crippen LogP contribution in [-0.4, -0.2) is 35.4 Å². The Balaban J connectivity index is 1.46. The predicted octanol–water partition coefficient (Wildman–Crippen LogP) is 4.53. The molecule has 0 spiro atoms. The first-order chi connectivity index (χ1) is 12.5. The number of benzene rings is 2. The van der Waals surface area contributed by atoms with Gasteiger partial charge in [0.05, 0.1) is 5.60 Å². The fraction of sp³-hybridized carbons (Fsp3) is 0.381. The van der Waals surface area contributed by atoms with Crippen molar-refractivity contribution in [1.82, 2.24) is 4.90 Å². The standard InChI is InChI=1S/C21H23BrFNO2/c22-19-5-2-1-4-18(19)21(26)11-14-24(15-12-21)13-3-6-20(25)16-7-9-17(23)10-8-16/h1-2,4-5,7-10,26H,3,6,11-15H2. The Labute approximate surface area is 162 Å². The third-order valence-corrected chi connectivity index (χ3v) is 5.79. The fourth-order valence-corrected chi connectivity index (χ4v) is 4.15. The molecule has 1 N–H and O–H groups in total. The first-order valence-electron chi connectivity index (χ1n) is 8.96. The average Bonchev–Trinajstić information content (AvgIpc) is 2.64. The largest absolute Gasteiger partial charge is 0.385 e. The number of rotatable bonds is 6. The maximum Gasteiger partial charge on any atom is 0.162 e. The Morgan fingerprint density at radius 1 is 1.12 bits per heavy atom. The number of hydrogen-bond acceptors (Lipinski definition) is 3. The minimum absolute atomic E-state index is 0.0479. The molecule has 0 radical (unpaired) electrons. The monoisotopic (exact) mass is 419 g/mol. The van der Waals surface area contributed by atoms with Crippen LogP contribution in [0.3, 0.4) is 0 Å². The van der Waals surface area contributed by atoms with Crippen LogP contribution in [0.2, 0.25) is 0 Å². The number of Topliss-reactive ketones (excluding diaryl/α,β-unsaturated/α-hetero) is 1. The Kier molecular flexibility index (Phi) is 6.22. The van der Waals surface area contributed by atoms with Crippen LogP contribution in [0.15, 0.2) is 53.0 Å². The molecule has 1 heterocycles. The van der Waals surface area contributed by atoms with E-state index in [1.165, 1.54) is 24.3 Å². The predicted molar refractivity (Wildman–Crippen MR) is 104 cm³/mol. The van der Waals surface area contributed by atoms with Crippen molar-refractivity contribution in [3.05, 3.63) is 69.9 Å². The second kappa shape index (κ2) is 8.42. The molecule has 1 saturated heterocycles. The summed E-state index contributed by atoms with van der Waals surface area (Å²) in [5.74, 6) is -0.279. The summed E-state index contributed by atoms with van der Waals surface area (Å²) in [4.78, 5) is 14.4. The number of piperidine rings is 1. The average molecular weight is 420 g/mol. The summed E-state index contributed by atoms with van der Waals surface area (Å²) in [5.41, 5.74) is 0.722. The summed E-state index contributed by atoms with van der Waals surface area (Å²) in [6.45, 7) is 2.45. The SMILES string of the molecule is O=C(CCCN1CCC(O)(c2ccccc2Br)CC1)c1ccc(F)cc1. The Morgan fingerprint density at radius 2 is 1.77 bits per heavy atom. The van der Waals surface area contributed by atoms with Crippen LogP contribution in [0.1, 0.15) is 41.6 Å². The van der Waals surface area contributed by atoms with Crippen LogP contribution >= 0.6 is 15.9 Å². The normalized spacial score (nSPS) is 17.2. The van der Waals surface area contributed by atoms with E-state index in [0.29, 0.717) is 24.8 Å². The van der Waals surface area contributed by atoms with Crippen molar-refractivity contribution in [3.8, 4) is 0 Å². The zero-order chi connectivity index (χ0) is 18.6. The van der Waals surface area contributed by atoms with Crippen molar-refractivity contribution in [3.63, 3.8) is 0 Å². The van der Waals surface area contributed by atoms with Gasteiger partial charge >= 0.3 is 0 Å². The number of ketones is 1. The van der Waals surface area contributed by atoms with Crippen molar-refractivity contribution in [2.45, 2.75) is 31.3 Å². The molecule has 0 amide bonds. The Morgan fingerprint density at radius 3 is 2.42 bits per heavy atom. The molecule has 0 atom stereocenters.